The normalized spacial score (nSPS) is 12.9. The smallest absolute Gasteiger partial charge is 0.320 e. The summed E-state index contributed by atoms with van der Waals surface area (Å²) in [5.41, 5.74) is 5.26. The van der Waals surface area contributed by atoms with Gasteiger partial charge in [-0.2, -0.15) is 0 Å². The summed E-state index contributed by atoms with van der Waals surface area (Å²) in [6.07, 6.45) is 1.88. The Kier molecular flexibility index (Phi) is 5.78. The highest BCUT2D eigenvalue weighted by atomic mass is 16.4. The molecule has 0 rings (SSSR count). The Hall–Kier alpha value is -0.610. The molecular formula is C7H16N2O2. The van der Waals surface area contributed by atoms with Crippen molar-refractivity contribution in [1.82, 2.24) is 5.32 Å². The van der Waals surface area contributed by atoms with Gasteiger partial charge in [0.1, 0.15) is 6.04 Å². The molecule has 4 heteroatoms. The summed E-state index contributed by atoms with van der Waals surface area (Å²) >= 11 is 0. The van der Waals surface area contributed by atoms with Crippen LogP contribution in [0.15, 0.2) is 0 Å². The van der Waals surface area contributed by atoms with Crippen molar-refractivity contribution in [3.05, 3.63) is 0 Å². The molecule has 0 aliphatic heterocycles. The van der Waals surface area contributed by atoms with Crippen LogP contribution >= 0.6 is 0 Å². The minimum Gasteiger partial charge on any atom is -0.480 e. The van der Waals surface area contributed by atoms with Crippen LogP contribution in [0.4, 0.5) is 0 Å². The summed E-state index contributed by atoms with van der Waals surface area (Å²) in [6.45, 7) is 3.03. The van der Waals surface area contributed by atoms with Crippen LogP contribution in [0.3, 0.4) is 0 Å². The monoisotopic (exact) mass is 160 g/mol. The van der Waals surface area contributed by atoms with E-state index in [1.807, 2.05) is 0 Å². The number of nitrogens with two attached hydrogens (primary N) is 1. The van der Waals surface area contributed by atoms with Gasteiger partial charge in [-0.15, -0.1) is 0 Å². The third-order valence-corrected chi connectivity index (χ3v) is 1.45. The molecule has 66 valence electrons. The molecule has 4 nitrogen and oxygen atoms in total. The number of rotatable bonds is 6. The molecule has 0 saturated heterocycles. The van der Waals surface area contributed by atoms with E-state index in [-0.39, 0.29) is 0 Å². The minimum atomic E-state index is -0.808. The van der Waals surface area contributed by atoms with Gasteiger partial charge in [-0.1, -0.05) is 0 Å². The van der Waals surface area contributed by atoms with Crippen LogP contribution in [-0.2, 0) is 4.79 Å². The third-order valence-electron chi connectivity index (χ3n) is 1.45. The first-order valence-electron chi connectivity index (χ1n) is 3.84. The number of aliphatic carboxylic acids is 1. The molecule has 0 aromatic rings. The summed E-state index contributed by atoms with van der Waals surface area (Å²) in [7, 11) is 0. The maximum Gasteiger partial charge on any atom is 0.320 e. The molecule has 0 heterocycles. The lowest BCUT2D eigenvalue weighted by atomic mass is 10.3. The topological polar surface area (TPSA) is 75.3 Å². The van der Waals surface area contributed by atoms with Crippen LogP contribution in [0.1, 0.15) is 19.8 Å². The standard InChI is InChI=1S/C7H16N2O2/c1-6(7(10)11)9-5-3-2-4-8/h6,9H,2-5,8H2,1H3,(H,10,11). The van der Waals surface area contributed by atoms with Crippen LogP contribution in [0, 0.1) is 0 Å². The predicted molar refractivity (Wildman–Crippen MR) is 43.4 cm³/mol. The Bertz CT molecular complexity index is 117. The Morgan fingerprint density at radius 3 is 2.73 bits per heavy atom. The summed E-state index contributed by atoms with van der Waals surface area (Å²) in [6, 6.07) is -0.451. The second-order valence-electron chi connectivity index (χ2n) is 2.51. The van der Waals surface area contributed by atoms with Gasteiger partial charge in [0, 0.05) is 0 Å². The molecule has 1 unspecified atom stereocenters. The number of hydrogen-bond acceptors (Lipinski definition) is 3. The van der Waals surface area contributed by atoms with Crippen molar-refractivity contribution < 1.29 is 9.90 Å². The molecule has 1 atom stereocenters. The van der Waals surface area contributed by atoms with Crippen molar-refractivity contribution >= 4 is 5.97 Å². The van der Waals surface area contributed by atoms with E-state index in [2.05, 4.69) is 5.32 Å². The molecule has 0 radical (unpaired) electrons. The molecule has 0 aliphatic carbocycles. The fourth-order valence-electron chi connectivity index (χ4n) is 0.675. The average molecular weight is 160 g/mol. The van der Waals surface area contributed by atoms with Crippen LogP contribution in [0.5, 0.6) is 0 Å². The first-order chi connectivity index (χ1) is 5.18. The van der Waals surface area contributed by atoms with Crippen molar-refractivity contribution in [1.29, 1.82) is 0 Å². The van der Waals surface area contributed by atoms with E-state index >= 15 is 0 Å². The molecule has 0 aromatic carbocycles. The van der Waals surface area contributed by atoms with E-state index in [4.69, 9.17) is 10.8 Å². The molecular weight excluding hydrogens is 144 g/mol. The van der Waals surface area contributed by atoms with Crippen molar-refractivity contribution in [2.24, 2.45) is 5.73 Å². The van der Waals surface area contributed by atoms with Gasteiger partial charge in [0.05, 0.1) is 0 Å². The van der Waals surface area contributed by atoms with Gasteiger partial charge < -0.3 is 16.2 Å². The number of unbranched alkanes of at least 4 members (excludes halogenated alkanes) is 1. The molecule has 0 saturated carbocycles. The van der Waals surface area contributed by atoms with Crippen molar-refractivity contribution in [3.63, 3.8) is 0 Å². The highest BCUT2D eigenvalue weighted by Gasteiger charge is 2.07. The van der Waals surface area contributed by atoms with Crippen molar-refractivity contribution in [2.75, 3.05) is 13.1 Å². The Labute approximate surface area is 66.8 Å². The minimum absolute atomic E-state index is 0.451. The molecule has 0 spiro atoms. The maximum absolute atomic E-state index is 10.3. The summed E-state index contributed by atoms with van der Waals surface area (Å²) in [5.74, 6) is -0.808. The summed E-state index contributed by atoms with van der Waals surface area (Å²) in [4.78, 5) is 10.3. The molecule has 0 amide bonds. The van der Waals surface area contributed by atoms with Gasteiger partial charge in [0.25, 0.3) is 0 Å². The summed E-state index contributed by atoms with van der Waals surface area (Å²) < 4.78 is 0. The van der Waals surface area contributed by atoms with Crippen LogP contribution in [-0.4, -0.2) is 30.2 Å². The van der Waals surface area contributed by atoms with E-state index < -0.39 is 12.0 Å². The van der Waals surface area contributed by atoms with Gasteiger partial charge in [-0.05, 0) is 32.9 Å². The van der Waals surface area contributed by atoms with Gasteiger partial charge >= 0.3 is 5.97 Å². The van der Waals surface area contributed by atoms with Gasteiger partial charge in [0.15, 0.2) is 0 Å². The fourth-order valence-corrected chi connectivity index (χ4v) is 0.675. The van der Waals surface area contributed by atoms with Crippen molar-refractivity contribution in [3.8, 4) is 0 Å². The number of hydrogen-bond donors (Lipinski definition) is 3. The number of nitrogens with one attached hydrogen (secondary N) is 1. The molecule has 0 fully saturated rings. The fraction of sp³-hybridized carbons (Fsp3) is 0.857. The Balaban J connectivity index is 3.17. The van der Waals surface area contributed by atoms with E-state index in [9.17, 15) is 4.79 Å². The van der Waals surface area contributed by atoms with Gasteiger partial charge in [0.2, 0.25) is 0 Å². The first kappa shape index (κ1) is 10.4. The predicted octanol–water partition coefficient (Wildman–Crippen LogP) is -0.212. The van der Waals surface area contributed by atoms with Gasteiger partial charge in [-0.25, -0.2) is 0 Å². The zero-order chi connectivity index (χ0) is 8.69. The van der Waals surface area contributed by atoms with Crippen LogP contribution in [0.25, 0.3) is 0 Å². The van der Waals surface area contributed by atoms with Gasteiger partial charge in [-0.3, -0.25) is 4.79 Å². The highest BCUT2D eigenvalue weighted by Crippen LogP contribution is 1.85. The van der Waals surface area contributed by atoms with Crippen LogP contribution < -0.4 is 11.1 Å². The third kappa shape index (κ3) is 5.82. The quantitative estimate of drug-likeness (QED) is 0.470. The van der Waals surface area contributed by atoms with Crippen molar-refractivity contribution in [2.45, 2.75) is 25.8 Å². The molecule has 0 aromatic heterocycles. The molecule has 11 heavy (non-hydrogen) atoms. The van der Waals surface area contributed by atoms with E-state index in [1.165, 1.54) is 0 Å². The first-order valence-corrected chi connectivity index (χ1v) is 3.84. The highest BCUT2D eigenvalue weighted by molar-refractivity contribution is 5.72. The lowest BCUT2D eigenvalue weighted by Crippen LogP contribution is -2.34. The zero-order valence-electron chi connectivity index (χ0n) is 6.84. The molecule has 4 N–H and O–H groups in total. The Morgan fingerprint density at radius 2 is 2.27 bits per heavy atom. The lowest BCUT2D eigenvalue weighted by Gasteiger charge is -2.07. The molecule has 0 aliphatic rings. The SMILES string of the molecule is CC(NCCCCN)C(=O)O. The number of carbonyl (C=O) groups is 1. The largest absolute Gasteiger partial charge is 0.480 e. The number of carboxylic acid groups (broad SMARTS) is 1. The average Bonchev–Trinajstić information content (AvgIpc) is 1.97. The van der Waals surface area contributed by atoms with E-state index in [0.717, 1.165) is 19.4 Å². The second-order valence-corrected chi connectivity index (χ2v) is 2.51. The number of carboxylic acids is 1. The van der Waals surface area contributed by atoms with E-state index in [1.54, 1.807) is 6.92 Å². The Morgan fingerprint density at radius 1 is 1.64 bits per heavy atom. The zero-order valence-corrected chi connectivity index (χ0v) is 6.84. The van der Waals surface area contributed by atoms with Crippen LogP contribution in [0.2, 0.25) is 0 Å². The molecule has 0 bridgehead atoms. The second kappa shape index (κ2) is 6.12. The summed E-state index contributed by atoms with van der Waals surface area (Å²) in [5, 5.41) is 11.3. The lowest BCUT2D eigenvalue weighted by molar-refractivity contribution is -0.138. The van der Waals surface area contributed by atoms with E-state index in [0.29, 0.717) is 6.54 Å². The maximum atomic E-state index is 10.3.